The molecule has 0 bridgehead atoms. The molecule has 1 heterocycles. The Morgan fingerprint density at radius 1 is 1.33 bits per heavy atom. The van der Waals surface area contributed by atoms with E-state index in [9.17, 15) is 4.79 Å². The van der Waals surface area contributed by atoms with Gasteiger partial charge in [0.25, 0.3) is 0 Å². The molecule has 1 saturated heterocycles. The second kappa shape index (κ2) is 8.28. The number of nitrogens with zero attached hydrogens (tertiary/aromatic N) is 1. The van der Waals surface area contributed by atoms with Gasteiger partial charge in [-0.2, -0.15) is 0 Å². The molecule has 3 nitrogen and oxygen atoms in total. The zero-order valence-corrected chi connectivity index (χ0v) is 12.3. The van der Waals surface area contributed by atoms with Crippen LogP contribution >= 0.6 is 0 Å². The van der Waals surface area contributed by atoms with Crippen molar-refractivity contribution in [3.05, 3.63) is 42.0 Å². The topological polar surface area (TPSA) is 32.3 Å². The predicted octanol–water partition coefficient (Wildman–Crippen LogP) is 2.16. The SMILES string of the molecule is C#CCN1CCC(C(=O)NCC=Cc2ccccc2)CC1. The summed E-state index contributed by atoms with van der Waals surface area (Å²) in [5, 5.41) is 2.98. The fourth-order valence-electron chi connectivity index (χ4n) is 2.55. The number of rotatable bonds is 5. The molecule has 1 fully saturated rings. The zero-order valence-electron chi connectivity index (χ0n) is 12.3. The first-order valence-electron chi connectivity index (χ1n) is 7.44. The molecule has 1 aromatic carbocycles. The second-order valence-electron chi connectivity index (χ2n) is 5.31. The fraction of sp³-hybridized carbons (Fsp3) is 0.389. The predicted molar refractivity (Wildman–Crippen MR) is 86.5 cm³/mol. The second-order valence-corrected chi connectivity index (χ2v) is 5.31. The van der Waals surface area contributed by atoms with Gasteiger partial charge in [-0.25, -0.2) is 0 Å². The molecule has 2 rings (SSSR count). The normalized spacial score (nSPS) is 16.7. The maximum absolute atomic E-state index is 12.1. The summed E-state index contributed by atoms with van der Waals surface area (Å²) in [6.45, 7) is 3.11. The highest BCUT2D eigenvalue weighted by Crippen LogP contribution is 2.16. The lowest BCUT2D eigenvalue weighted by atomic mass is 9.96. The number of terminal acetylenes is 1. The van der Waals surface area contributed by atoms with Crippen LogP contribution in [0.25, 0.3) is 6.08 Å². The van der Waals surface area contributed by atoms with Gasteiger partial charge in [0.2, 0.25) is 5.91 Å². The Labute approximate surface area is 127 Å². The van der Waals surface area contributed by atoms with E-state index >= 15 is 0 Å². The highest BCUT2D eigenvalue weighted by Gasteiger charge is 2.23. The van der Waals surface area contributed by atoms with Crippen molar-refractivity contribution in [1.82, 2.24) is 10.2 Å². The van der Waals surface area contributed by atoms with Crippen LogP contribution in [0.2, 0.25) is 0 Å². The van der Waals surface area contributed by atoms with Gasteiger partial charge in [0.05, 0.1) is 6.54 Å². The van der Waals surface area contributed by atoms with Crippen LogP contribution in [0.4, 0.5) is 0 Å². The maximum atomic E-state index is 12.1. The van der Waals surface area contributed by atoms with Crippen LogP contribution in [0.1, 0.15) is 18.4 Å². The van der Waals surface area contributed by atoms with Crippen LogP contribution in [0.3, 0.4) is 0 Å². The molecule has 0 saturated carbocycles. The lowest BCUT2D eigenvalue weighted by Gasteiger charge is -2.29. The minimum Gasteiger partial charge on any atom is -0.352 e. The van der Waals surface area contributed by atoms with Gasteiger partial charge in [0.15, 0.2) is 0 Å². The summed E-state index contributed by atoms with van der Waals surface area (Å²) < 4.78 is 0. The summed E-state index contributed by atoms with van der Waals surface area (Å²) in [4.78, 5) is 14.3. The molecule has 0 aromatic heterocycles. The van der Waals surface area contributed by atoms with Crippen molar-refractivity contribution in [3.63, 3.8) is 0 Å². The van der Waals surface area contributed by atoms with E-state index in [-0.39, 0.29) is 11.8 Å². The van der Waals surface area contributed by atoms with Gasteiger partial charge in [-0.15, -0.1) is 6.42 Å². The molecule has 0 spiro atoms. The van der Waals surface area contributed by atoms with Crippen LogP contribution in [0.15, 0.2) is 36.4 Å². The summed E-state index contributed by atoms with van der Waals surface area (Å²) in [5.41, 5.74) is 1.15. The highest BCUT2D eigenvalue weighted by molar-refractivity contribution is 5.79. The van der Waals surface area contributed by atoms with E-state index in [2.05, 4.69) is 16.1 Å². The Kier molecular flexibility index (Phi) is 6.05. The number of likely N-dealkylation sites (tertiary alicyclic amines) is 1. The van der Waals surface area contributed by atoms with Gasteiger partial charge in [0.1, 0.15) is 0 Å². The molecule has 0 atom stereocenters. The third-order valence-corrected chi connectivity index (χ3v) is 3.78. The van der Waals surface area contributed by atoms with E-state index in [1.807, 2.05) is 42.5 Å². The van der Waals surface area contributed by atoms with E-state index < -0.39 is 0 Å². The average molecular weight is 282 g/mol. The number of amides is 1. The number of benzene rings is 1. The van der Waals surface area contributed by atoms with Crippen LogP contribution in [0, 0.1) is 18.3 Å². The lowest BCUT2D eigenvalue weighted by molar-refractivity contribution is -0.126. The average Bonchev–Trinajstić information content (AvgIpc) is 2.53. The maximum Gasteiger partial charge on any atom is 0.223 e. The van der Waals surface area contributed by atoms with Crippen molar-refractivity contribution in [3.8, 4) is 12.3 Å². The molecular formula is C18H22N2O. The molecule has 0 unspecified atom stereocenters. The first kappa shape index (κ1) is 15.3. The molecular weight excluding hydrogens is 260 g/mol. The van der Waals surface area contributed by atoms with Crippen molar-refractivity contribution in [2.24, 2.45) is 5.92 Å². The molecule has 110 valence electrons. The summed E-state index contributed by atoms with van der Waals surface area (Å²) >= 11 is 0. The summed E-state index contributed by atoms with van der Waals surface area (Å²) in [6.07, 6.45) is 11.1. The van der Waals surface area contributed by atoms with Crippen LogP contribution in [-0.4, -0.2) is 37.0 Å². The number of hydrogen-bond acceptors (Lipinski definition) is 2. The molecule has 3 heteroatoms. The lowest BCUT2D eigenvalue weighted by Crippen LogP contribution is -2.40. The molecule has 1 aliphatic heterocycles. The van der Waals surface area contributed by atoms with E-state index in [0.717, 1.165) is 31.5 Å². The van der Waals surface area contributed by atoms with Gasteiger partial charge < -0.3 is 5.32 Å². The molecule has 0 aliphatic carbocycles. The molecule has 1 amide bonds. The molecule has 0 radical (unpaired) electrons. The number of carbonyl (C=O) groups excluding carboxylic acids is 1. The van der Waals surface area contributed by atoms with E-state index in [4.69, 9.17) is 6.42 Å². The van der Waals surface area contributed by atoms with E-state index in [1.165, 1.54) is 0 Å². The molecule has 1 N–H and O–H groups in total. The van der Waals surface area contributed by atoms with Gasteiger partial charge >= 0.3 is 0 Å². The van der Waals surface area contributed by atoms with Crippen molar-refractivity contribution in [2.75, 3.05) is 26.2 Å². The Hall–Kier alpha value is -2.05. The third-order valence-electron chi connectivity index (χ3n) is 3.78. The molecule has 1 aliphatic rings. The first-order chi connectivity index (χ1) is 10.3. The number of carbonyl (C=O) groups is 1. The summed E-state index contributed by atoms with van der Waals surface area (Å²) in [5.74, 6) is 2.94. The van der Waals surface area contributed by atoms with Crippen LogP contribution in [0.5, 0.6) is 0 Å². The van der Waals surface area contributed by atoms with E-state index in [1.54, 1.807) is 0 Å². The van der Waals surface area contributed by atoms with Gasteiger partial charge in [-0.05, 0) is 31.5 Å². The smallest absolute Gasteiger partial charge is 0.223 e. The van der Waals surface area contributed by atoms with Gasteiger partial charge in [-0.1, -0.05) is 48.4 Å². The summed E-state index contributed by atoms with van der Waals surface area (Å²) in [6, 6.07) is 10.1. The quantitative estimate of drug-likeness (QED) is 0.839. The number of piperidine rings is 1. The number of nitrogens with one attached hydrogen (secondary N) is 1. The number of hydrogen-bond donors (Lipinski definition) is 1. The largest absolute Gasteiger partial charge is 0.352 e. The third kappa shape index (κ3) is 5.09. The van der Waals surface area contributed by atoms with Crippen molar-refractivity contribution >= 4 is 12.0 Å². The zero-order chi connectivity index (χ0) is 14.9. The Morgan fingerprint density at radius 3 is 2.71 bits per heavy atom. The Bertz CT molecular complexity index is 508. The minimum absolute atomic E-state index is 0.129. The van der Waals surface area contributed by atoms with Gasteiger partial charge in [0, 0.05) is 12.5 Å². The first-order valence-corrected chi connectivity index (χ1v) is 7.44. The Morgan fingerprint density at radius 2 is 2.05 bits per heavy atom. The van der Waals surface area contributed by atoms with E-state index in [0.29, 0.717) is 13.1 Å². The fourth-order valence-corrected chi connectivity index (χ4v) is 2.55. The molecule has 21 heavy (non-hydrogen) atoms. The molecule has 1 aromatic rings. The summed E-state index contributed by atoms with van der Waals surface area (Å²) in [7, 11) is 0. The van der Waals surface area contributed by atoms with Crippen LogP contribution < -0.4 is 5.32 Å². The monoisotopic (exact) mass is 282 g/mol. The minimum atomic E-state index is 0.129. The van der Waals surface area contributed by atoms with Gasteiger partial charge in [-0.3, -0.25) is 9.69 Å². The highest BCUT2D eigenvalue weighted by atomic mass is 16.1. The van der Waals surface area contributed by atoms with Crippen molar-refractivity contribution in [1.29, 1.82) is 0 Å². The standard InChI is InChI=1S/C18H22N2O/c1-2-13-20-14-10-17(11-15-20)18(21)19-12-6-9-16-7-4-3-5-8-16/h1,3-9,17H,10-15H2,(H,19,21). The van der Waals surface area contributed by atoms with Crippen LogP contribution in [-0.2, 0) is 4.79 Å². The Balaban J connectivity index is 1.69. The van der Waals surface area contributed by atoms with Crippen molar-refractivity contribution in [2.45, 2.75) is 12.8 Å². The van der Waals surface area contributed by atoms with Crippen molar-refractivity contribution < 1.29 is 4.79 Å².